The predicted molar refractivity (Wildman–Crippen MR) is 125 cm³/mol. The maximum Gasteiger partial charge on any atom is 0.301 e. The summed E-state index contributed by atoms with van der Waals surface area (Å²) < 4.78 is 0. The lowest BCUT2D eigenvalue weighted by Gasteiger charge is -2.21. The first-order valence-electron chi connectivity index (χ1n) is 10.0. The van der Waals surface area contributed by atoms with Gasteiger partial charge in [-0.15, -0.1) is 0 Å². The van der Waals surface area contributed by atoms with Crippen LogP contribution in [0.4, 0.5) is 22.7 Å². The zero-order valence-electron chi connectivity index (χ0n) is 18.0. The highest BCUT2D eigenvalue weighted by Gasteiger charge is 2.32. The van der Waals surface area contributed by atoms with Crippen molar-refractivity contribution in [3.05, 3.63) is 103 Å². The lowest BCUT2D eigenvalue weighted by Crippen LogP contribution is -2.24. The van der Waals surface area contributed by atoms with Crippen LogP contribution in [0, 0.1) is 20.2 Å². The molecule has 0 radical (unpaired) electrons. The molecule has 0 bridgehead atoms. The Balaban J connectivity index is 1.75. The molecule has 1 aliphatic rings. The van der Waals surface area contributed by atoms with Gasteiger partial charge in [0.05, 0.1) is 33.4 Å². The van der Waals surface area contributed by atoms with Crippen LogP contribution < -0.4 is 10.7 Å². The van der Waals surface area contributed by atoms with E-state index in [9.17, 15) is 34.6 Å². The summed E-state index contributed by atoms with van der Waals surface area (Å²) in [5, 5.41) is 28.7. The summed E-state index contributed by atoms with van der Waals surface area (Å²) in [7, 11) is 0. The van der Waals surface area contributed by atoms with Gasteiger partial charge in [-0.1, -0.05) is 30.3 Å². The van der Waals surface area contributed by atoms with E-state index in [1.54, 1.807) is 18.2 Å². The van der Waals surface area contributed by atoms with Gasteiger partial charge in [0.25, 0.3) is 5.69 Å². The Kier molecular flexibility index (Phi) is 5.85. The average molecular weight is 473 g/mol. The first kappa shape index (κ1) is 22.9. The van der Waals surface area contributed by atoms with Gasteiger partial charge in [-0.2, -0.15) is 5.10 Å². The Morgan fingerprint density at radius 2 is 1.60 bits per heavy atom. The number of ketones is 2. The van der Waals surface area contributed by atoms with Crippen LogP contribution in [0.3, 0.4) is 0 Å². The third kappa shape index (κ3) is 4.23. The van der Waals surface area contributed by atoms with E-state index in [2.05, 4.69) is 15.8 Å². The molecule has 0 fully saturated rings. The molecular formula is C23H15N5O7. The van der Waals surface area contributed by atoms with Crippen LogP contribution in [-0.2, 0) is 4.79 Å². The van der Waals surface area contributed by atoms with Gasteiger partial charge in [0.1, 0.15) is 5.69 Å². The SMILES string of the molecule is CC(=O)Nc1c(/C=N/Nc2ccc([N+](=O)[O-])cc2[N+](=O)[O-])ccc2c1C(=O)c1ccccc1C2=O. The van der Waals surface area contributed by atoms with Crippen LogP contribution in [0.5, 0.6) is 0 Å². The minimum Gasteiger partial charge on any atom is -0.325 e. The van der Waals surface area contributed by atoms with E-state index < -0.39 is 32.9 Å². The fraction of sp³-hybridized carbons (Fsp3) is 0.0435. The van der Waals surface area contributed by atoms with E-state index in [1.165, 1.54) is 31.3 Å². The van der Waals surface area contributed by atoms with E-state index in [0.717, 1.165) is 18.2 Å². The zero-order valence-corrected chi connectivity index (χ0v) is 18.0. The molecule has 3 aromatic carbocycles. The highest BCUT2D eigenvalue weighted by atomic mass is 16.6. The molecule has 35 heavy (non-hydrogen) atoms. The molecular weight excluding hydrogens is 458 g/mol. The summed E-state index contributed by atoms with van der Waals surface area (Å²) in [5.41, 5.74) is 2.19. The number of hydrazone groups is 1. The maximum absolute atomic E-state index is 13.2. The van der Waals surface area contributed by atoms with Crippen LogP contribution in [0.25, 0.3) is 0 Å². The van der Waals surface area contributed by atoms with E-state index in [0.29, 0.717) is 0 Å². The van der Waals surface area contributed by atoms with Gasteiger partial charge in [-0.3, -0.25) is 40.0 Å². The first-order valence-corrected chi connectivity index (χ1v) is 10.0. The molecule has 2 N–H and O–H groups in total. The molecule has 0 aromatic heterocycles. The van der Waals surface area contributed by atoms with E-state index in [1.807, 2.05) is 0 Å². The highest BCUT2D eigenvalue weighted by molar-refractivity contribution is 6.31. The summed E-state index contributed by atoms with van der Waals surface area (Å²) in [4.78, 5) is 58.7. The van der Waals surface area contributed by atoms with Gasteiger partial charge in [0.15, 0.2) is 11.6 Å². The number of nitro benzene ring substituents is 2. The zero-order chi connectivity index (χ0) is 25.3. The molecule has 1 aliphatic carbocycles. The molecule has 12 nitrogen and oxygen atoms in total. The van der Waals surface area contributed by atoms with Crippen LogP contribution >= 0.6 is 0 Å². The van der Waals surface area contributed by atoms with Crippen molar-refractivity contribution in [1.82, 2.24) is 0 Å². The highest BCUT2D eigenvalue weighted by Crippen LogP contribution is 2.34. The van der Waals surface area contributed by atoms with Crippen LogP contribution in [-0.4, -0.2) is 33.5 Å². The third-order valence-corrected chi connectivity index (χ3v) is 5.20. The number of carbonyl (C=O) groups excluding carboxylic acids is 3. The van der Waals surface area contributed by atoms with Gasteiger partial charge in [0, 0.05) is 35.2 Å². The molecule has 0 saturated heterocycles. The minimum atomic E-state index is -0.797. The standard InChI is InChI=1S/C23H15N5O7/c1-12(29)25-21-13(11-24-26-18-9-7-14(27(32)33)10-19(18)28(34)35)6-8-17-20(21)23(31)16-5-3-2-4-15(16)22(17)30/h2-11,26H,1H3,(H,25,29)/b24-11+. The summed E-state index contributed by atoms with van der Waals surface area (Å²) in [5.74, 6) is -1.32. The molecule has 0 unspecified atom stereocenters. The van der Waals surface area contributed by atoms with Gasteiger partial charge >= 0.3 is 5.69 Å². The second kappa shape index (κ2) is 8.94. The lowest BCUT2D eigenvalue weighted by atomic mass is 9.82. The number of fused-ring (bicyclic) bond motifs is 2. The van der Waals surface area contributed by atoms with Crippen LogP contribution in [0.2, 0.25) is 0 Å². The summed E-state index contributed by atoms with van der Waals surface area (Å²) >= 11 is 0. The number of rotatable bonds is 6. The Bertz CT molecular complexity index is 1480. The smallest absolute Gasteiger partial charge is 0.301 e. The molecule has 0 spiro atoms. The van der Waals surface area contributed by atoms with Gasteiger partial charge in [-0.25, -0.2) is 0 Å². The van der Waals surface area contributed by atoms with Crippen molar-refractivity contribution < 1.29 is 24.2 Å². The molecule has 174 valence electrons. The normalized spacial score (nSPS) is 12.1. The largest absolute Gasteiger partial charge is 0.325 e. The number of anilines is 2. The fourth-order valence-corrected chi connectivity index (χ4v) is 3.67. The number of non-ortho nitro benzene ring substituents is 1. The Morgan fingerprint density at radius 1 is 0.914 bits per heavy atom. The number of nitrogens with zero attached hydrogens (tertiary/aromatic N) is 3. The molecule has 0 saturated carbocycles. The van der Waals surface area contributed by atoms with Crippen LogP contribution in [0.1, 0.15) is 44.3 Å². The molecule has 4 rings (SSSR count). The Morgan fingerprint density at radius 3 is 2.23 bits per heavy atom. The van der Waals surface area contributed by atoms with E-state index >= 15 is 0 Å². The predicted octanol–water partition coefficient (Wildman–Crippen LogP) is 3.68. The van der Waals surface area contributed by atoms with Crippen molar-refractivity contribution >= 4 is 46.4 Å². The average Bonchev–Trinajstić information content (AvgIpc) is 2.82. The maximum atomic E-state index is 13.2. The van der Waals surface area contributed by atoms with Crippen molar-refractivity contribution in [2.75, 3.05) is 10.7 Å². The minimum absolute atomic E-state index is 0.00849. The van der Waals surface area contributed by atoms with Crippen molar-refractivity contribution in [1.29, 1.82) is 0 Å². The molecule has 0 aliphatic heterocycles. The number of carbonyl (C=O) groups is 3. The number of benzene rings is 3. The van der Waals surface area contributed by atoms with Crippen molar-refractivity contribution in [3.63, 3.8) is 0 Å². The Hall–Kier alpha value is -5.26. The summed E-state index contributed by atoms with van der Waals surface area (Å²) in [6.07, 6.45) is 1.20. The summed E-state index contributed by atoms with van der Waals surface area (Å²) in [6, 6.07) is 12.3. The second-order valence-electron chi connectivity index (χ2n) is 7.42. The molecule has 12 heteroatoms. The van der Waals surface area contributed by atoms with E-state index in [-0.39, 0.29) is 45.0 Å². The number of nitrogens with one attached hydrogen (secondary N) is 2. The van der Waals surface area contributed by atoms with Gasteiger partial charge in [-0.05, 0) is 12.1 Å². The number of nitro groups is 2. The monoisotopic (exact) mass is 473 g/mol. The van der Waals surface area contributed by atoms with Gasteiger partial charge in [0.2, 0.25) is 5.91 Å². The lowest BCUT2D eigenvalue weighted by molar-refractivity contribution is -0.393. The summed E-state index contributed by atoms with van der Waals surface area (Å²) in [6.45, 7) is 1.24. The molecule has 3 aromatic rings. The van der Waals surface area contributed by atoms with Gasteiger partial charge < -0.3 is 5.32 Å². The molecule has 0 atom stereocenters. The number of hydrogen-bond donors (Lipinski definition) is 2. The van der Waals surface area contributed by atoms with E-state index in [4.69, 9.17) is 0 Å². The van der Waals surface area contributed by atoms with Crippen LogP contribution in [0.15, 0.2) is 59.7 Å². The molecule has 0 heterocycles. The van der Waals surface area contributed by atoms with Crippen molar-refractivity contribution in [2.24, 2.45) is 5.10 Å². The number of amides is 1. The first-order chi connectivity index (χ1) is 16.7. The number of hydrogen-bond acceptors (Lipinski definition) is 9. The quantitative estimate of drug-likeness (QED) is 0.242. The Labute approximate surface area is 196 Å². The molecule has 1 amide bonds. The van der Waals surface area contributed by atoms with Crippen molar-refractivity contribution in [2.45, 2.75) is 6.92 Å². The third-order valence-electron chi connectivity index (χ3n) is 5.20. The second-order valence-corrected chi connectivity index (χ2v) is 7.42. The fourth-order valence-electron chi connectivity index (χ4n) is 3.67. The van der Waals surface area contributed by atoms with Crippen molar-refractivity contribution in [3.8, 4) is 0 Å². The topological polar surface area (TPSA) is 174 Å².